The number of primary amides is 1. The Balaban J connectivity index is 3.06. The molecule has 0 aromatic heterocycles. The minimum atomic E-state index is -2.60. The minimum Gasteiger partial charge on any atom is -0.365 e. The highest BCUT2D eigenvalue weighted by Gasteiger charge is 2.35. The summed E-state index contributed by atoms with van der Waals surface area (Å²) >= 11 is 5.26. The topological polar surface area (TPSA) is 43.1 Å². The van der Waals surface area contributed by atoms with Gasteiger partial charge < -0.3 is 5.73 Å². The molecule has 1 aromatic carbocycles. The number of carbonyl (C=O) groups is 1. The average Bonchev–Trinajstić information content (AvgIpc) is 2.06. The predicted octanol–water partition coefficient (Wildman–Crippen LogP) is 1.53. The van der Waals surface area contributed by atoms with Crippen LogP contribution in [0.1, 0.15) is 5.56 Å². The van der Waals surface area contributed by atoms with E-state index in [0.717, 1.165) is 0 Å². The molecule has 0 fully saturated rings. The van der Waals surface area contributed by atoms with Crippen LogP contribution in [0.2, 0.25) is 0 Å². The minimum absolute atomic E-state index is 0.0548. The maximum atomic E-state index is 13.2. The van der Waals surface area contributed by atoms with E-state index in [9.17, 15) is 9.18 Å². The number of rotatable bonds is 2. The van der Waals surface area contributed by atoms with Crippen LogP contribution in [0, 0.1) is 0 Å². The standard InChI is InChI=1S/C8H7ClFNO/c9-8(10,7(11)12)6-4-2-1-3-5-6/h1-5H,(H2,11,12). The van der Waals surface area contributed by atoms with Gasteiger partial charge in [-0.25, -0.2) is 4.39 Å². The molecular weight excluding hydrogens is 181 g/mol. The molecule has 12 heavy (non-hydrogen) atoms. The summed E-state index contributed by atoms with van der Waals surface area (Å²) in [4.78, 5) is 10.5. The second-order valence-electron chi connectivity index (χ2n) is 2.30. The molecule has 0 aliphatic rings. The summed E-state index contributed by atoms with van der Waals surface area (Å²) in [5.74, 6) is -1.20. The highest BCUT2D eigenvalue weighted by atomic mass is 35.5. The zero-order valence-electron chi connectivity index (χ0n) is 6.13. The van der Waals surface area contributed by atoms with Crippen molar-refractivity contribution in [2.75, 3.05) is 0 Å². The van der Waals surface area contributed by atoms with Crippen molar-refractivity contribution in [3.05, 3.63) is 35.9 Å². The zero-order chi connectivity index (χ0) is 9.19. The molecule has 0 saturated heterocycles. The lowest BCUT2D eigenvalue weighted by Gasteiger charge is -2.12. The van der Waals surface area contributed by atoms with Crippen molar-refractivity contribution >= 4 is 17.5 Å². The van der Waals surface area contributed by atoms with Crippen LogP contribution in [0.4, 0.5) is 4.39 Å². The largest absolute Gasteiger partial charge is 0.365 e. The second-order valence-corrected chi connectivity index (χ2v) is 2.83. The number of alkyl halides is 2. The number of nitrogens with two attached hydrogens (primary N) is 1. The summed E-state index contributed by atoms with van der Waals surface area (Å²) in [6.07, 6.45) is 0. The Labute approximate surface area is 74.1 Å². The molecular formula is C8H7ClFNO. The van der Waals surface area contributed by atoms with Gasteiger partial charge in [0.25, 0.3) is 11.0 Å². The lowest BCUT2D eigenvalue weighted by atomic mass is 10.1. The fourth-order valence-electron chi connectivity index (χ4n) is 0.790. The van der Waals surface area contributed by atoms with Gasteiger partial charge in [-0.3, -0.25) is 4.79 Å². The quantitative estimate of drug-likeness (QED) is 0.702. The van der Waals surface area contributed by atoms with E-state index in [1.807, 2.05) is 0 Å². The van der Waals surface area contributed by atoms with Crippen LogP contribution in [0.25, 0.3) is 0 Å². The summed E-state index contributed by atoms with van der Waals surface area (Å²) in [5, 5.41) is -2.60. The summed E-state index contributed by atoms with van der Waals surface area (Å²) < 4.78 is 13.2. The number of amides is 1. The average molecular weight is 188 g/mol. The Bertz CT molecular complexity index is 286. The molecule has 0 aliphatic carbocycles. The van der Waals surface area contributed by atoms with Gasteiger partial charge in [0.1, 0.15) is 0 Å². The SMILES string of the molecule is NC(=O)C(F)(Cl)c1ccccc1. The first-order valence-electron chi connectivity index (χ1n) is 3.28. The first-order valence-corrected chi connectivity index (χ1v) is 3.66. The van der Waals surface area contributed by atoms with E-state index in [0.29, 0.717) is 0 Å². The Morgan fingerprint density at radius 3 is 2.33 bits per heavy atom. The monoisotopic (exact) mass is 187 g/mol. The van der Waals surface area contributed by atoms with Crippen molar-refractivity contribution in [3.63, 3.8) is 0 Å². The van der Waals surface area contributed by atoms with Crippen LogP contribution in [-0.2, 0) is 9.92 Å². The normalized spacial score (nSPS) is 15.2. The molecule has 64 valence electrons. The third kappa shape index (κ3) is 1.56. The Kier molecular flexibility index (Phi) is 2.33. The molecule has 0 saturated carbocycles. The van der Waals surface area contributed by atoms with E-state index in [-0.39, 0.29) is 5.56 Å². The summed E-state index contributed by atoms with van der Waals surface area (Å²) in [6.45, 7) is 0. The van der Waals surface area contributed by atoms with Crippen LogP contribution >= 0.6 is 11.6 Å². The van der Waals surface area contributed by atoms with Crippen LogP contribution in [0.15, 0.2) is 30.3 Å². The maximum absolute atomic E-state index is 13.2. The van der Waals surface area contributed by atoms with Gasteiger partial charge in [0, 0.05) is 5.56 Å². The van der Waals surface area contributed by atoms with E-state index in [2.05, 4.69) is 0 Å². The molecule has 4 heteroatoms. The molecule has 0 heterocycles. The molecule has 0 aliphatic heterocycles. The van der Waals surface area contributed by atoms with Crippen molar-refractivity contribution < 1.29 is 9.18 Å². The first kappa shape index (κ1) is 9.00. The number of carbonyl (C=O) groups excluding carboxylic acids is 1. The molecule has 2 nitrogen and oxygen atoms in total. The van der Waals surface area contributed by atoms with Gasteiger partial charge in [0.05, 0.1) is 0 Å². The van der Waals surface area contributed by atoms with Gasteiger partial charge in [0.15, 0.2) is 0 Å². The van der Waals surface area contributed by atoms with Gasteiger partial charge in [-0.1, -0.05) is 41.9 Å². The lowest BCUT2D eigenvalue weighted by Crippen LogP contribution is -2.31. The third-order valence-corrected chi connectivity index (χ3v) is 1.85. The number of halogens is 2. The van der Waals surface area contributed by atoms with Crippen LogP contribution in [0.5, 0.6) is 0 Å². The fraction of sp³-hybridized carbons (Fsp3) is 0.125. The molecule has 1 rings (SSSR count). The Morgan fingerprint density at radius 2 is 1.92 bits per heavy atom. The molecule has 0 bridgehead atoms. The smallest absolute Gasteiger partial charge is 0.286 e. The first-order chi connectivity index (χ1) is 5.55. The summed E-state index contributed by atoms with van der Waals surface area (Å²) in [7, 11) is 0. The molecule has 1 aromatic rings. The molecule has 1 atom stereocenters. The van der Waals surface area contributed by atoms with E-state index in [1.165, 1.54) is 12.1 Å². The Hall–Kier alpha value is -1.09. The highest BCUT2D eigenvalue weighted by molar-refractivity contribution is 6.33. The summed E-state index contributed by atoms with van der Waals surface area (Å²) in [6, 6.07) is 7.65. The van der Waals surface area contributed by atoms with Crippen molar-refractivity contribution in [3.8, 4) is 0 Å². The predicted molar refractivity (Wildman–Crippen MR) is 44.3 cm³/mol. The van der Waals surface area contributed by atoms with Gasteiger partial charge in [-0.2, -0.15) is 0 Å². The van der Waals surface area contributed by atoms with Gasteiger partial charge >= 0.3 is 0 Å². The summed E-state index contributed by atoms with van der Waals surface area (Å²) in [5.41, 5.74) is 4.81. The molecule has 1 amide bonds. The highest BCUT2D eigenvalue weighted by Crippen LogP contribution is 2.29. The second kappa shape index (κ2) is 3.11. The van der Waals surface area contributed by atoms with Gasteiger partial charge in [0.2, 0.25) is 0 Å². The molecule has 0 radical (unpaired) electrons. The van der Waals surface area contributed by atoms with Gasteiger partial charge in [-0.05, 0) is 0 Å². The third-order valence-electron chi connectivity index (χ3n) is 1.45. The maximum Gasteiger partial charge on any atom is 0.286 e. The van der Waals surface area contributed by atoms with E-state index in [1.54, 1.807) is 18.2 Å². The molecule has 0 spiro atoms. The number of hydrogen-bond donors (Lipinski definition) is 1. The fourth-order valence-corrected chi connectivity index (χ4v) is 0.916. The van der Waals surface area contributed by atoms with E-state index in [4.69, 9.17) is 17.3 Å². The molecule has 1 unspecified atom stereocenters. The zero-order valence-corrected chi connectivity index (χ0v) is 6.88. The van der Waals surface area contributed by atoms with Crippen molar-refractivity contribution in [1.29, 1.82) is 0 Å². The van der Waals surface area contributed by atoms with Crippen LogP contribution in [-0.4, -0.2) is 5.91 Å². The van der Waals surface area contributed by atoms with Crippen LogP contribution in [0.3, 0.4) is 0 Å². The lowest BCUT2D eigenvalue weighted by molar-refractivity contribution is -0.125. The van der Waals surface area contributed by atoms with Crippen molar-refractivity contribution in [2.45, 2.75) is 5.13 Å². The molecule has 2 N–H and O–H groups in total. The van der Waals surface area contributed by atoms with Crippen molar-refractivity contribution in [2.24, 2.45) is 5.73 Å². The van der Waals surface area contributed by atoms with Gasteiger partial charge in [-0.15, -0.1) is 0 Å². The van der Waals surface area contributed by atoms with Crippen LogP contribution < -0.4 is 5.73 Å². The van der Waals surface area contributed by atoms with E-state index < -0.39 is 11.0 Å². The van der Waals surface area contributed by atoms with E-state index >= 15 is 0 Å². The van der Waals surface area contributed by atoms with Crippen molar-refractivity contribution in [1.82, 2.24) is 0 Å². The number of hydrogen-bond acceptors (Lipinski definition) is 1. The Morgan fingerprint density at radius 1 is 1.42 bits per heavy atom. The number of benzene rings is 1.